The lowest BCUT2D eigenvalue weighted by atomic mass is 9.92. The molecule has 0 aromatic rings. The van der Waals surface area contributed by atoms with Crippen LogP contribution in [-0.4, -0.2) is 25.8 Å². The quantitative estimate of drug-likeness (QED) is 0.0902. The van der Waals surface area contributed by atoms with Crippen LogP contribution in [0.3, 0.4) is 0 Å². The normalized spacial score (nSPS) is 19.1. The Labute approximate surface area is 204 Å². The molecular formula is C30H50O3. The van der Waals surface area contributed by atoms with Crippen molar-refractivity contribution in [1.29, 1.82) is 0 Å². The Morgan fingerprint density at radius 2 is 1.79 bits per heavy atom. The van der Waals surface area contributed by atoms with Crippen LogP contribution in [0.2, 0.25) is 0 Å². The lowest BCUT2D eigenvalue weighted by molar-refractivity contribution is -0.150. The largest absolute Gasteiger partial charge is 0.463 e. The monoisotopic (exact) mass is 458 g/mol. The van der Waals surface area contributed by atoms with Crippen LogP contribution in [0.4, 0.5) is 0 Å². The second-order valence-electron chi connectivity index (χ2n) is 9.28. The molecule has 1 unspecified atom stereocenters. The fraction of sp³-hybridized carbons (Fsp3) is 0.767. The van der Waals surface area contributed by atoms with Gasteiger partial charge in [0.05, 0.1) is 12.5 Å². The molecule has 0 radical (unpaired) electrons. The predicted octanol–water partition coefficient (Wildman–Crippen LogP) is 8.05. The fourth-order valence-electron chi connectivity index (χ4n) is 4.47. The number of rotatable bonds is 18. The highest BCUT2D eigenvalue weighted by molar-refractivity contribution is 5.72. The van der Waals surface area contributed by atoms with E-state index < -0.39 is 0 Å². The summed E-state index contributed by atoms with van der Waals surface area (Å²) >= 11 is 0. The topological polar surface area (TPSA) is 35.5 Å². The molecule has 0 aromatic heterocycles. The summed E-state index contributed by atoms with van der Waals surface area (Å²) in [4.78, 5) is 12.5. The van der Waals surface area contributed by atoms with Crippen molar-refractivity contribution in [2.45, 2.75) is 111 Å². The Balaban J connectivity index is 2.39. The van der Waals surface area contributed by atoms with Crippen LogP contribution in [-0.2, 0) is 14.3 Å². The van der Waals surface area contributed by atoms with E-state index in [9.17, 15) is 4.79 Å². The lowest BCUT2D eigenvalue weighted by Gasteiger charge is -2.15. The van der Waals surface area contributed by atoms with Crippen LogP contribution in [0.1, 0.15) is 111 Å². The number of allylic oxidation sites excluding steroid dienone is 4. The number of carbonyl (C=O) groups is 1. The summed E-state index contributed by atoms with van der Waals surface area (Å²) < 4.78 is 10.8. The van der Waals surface area contributed by atoms with E-state index in [1.165, 1.54) is 44.9 Å². The second kappa shape index (κ2) is 21.0. The van der Waals surface area contributed by atoms with Gasteiger partial charge in [0.15, 0.2) is 0 Å². The van der Waals surface area contributed by atoms with E-state index in [1.807, 2.05) is 6.92 Å². The zero-order valence-electron chi connectivity index (χ0n) is 21.8. The van der Waals surface area contributed by atoms with Gasteiger partial charge in [-0.05, 0) is 57.8 Å². The molecule has 33 heavy (non-hydrogen) atoms. The van der Waals surface area contributed by atoms with Crippen LogP contribution in [0.15, 0.2) is 24.3 Å². The summed E-state index contributed by atoms with van der Waals surface area (Å²) in [5, 5.41) is 0. The van der Waals surface area contributed by atoms with Gasteiger partial charge in [0.1, 0.15) is 6.61 Å². The zero-order chi connectivity index (χ0) is 24.0. The second-order valence-corrected chi connectivity index (χ2v) is 9.28. The van der Waals surface area contributed by atoms with Crippen molar-refractivity contribution >= 4 is 5.97 Å². The molecule has 0 spiro atoms. The van der Waals surface area contributed by atoms with Crippen LogP contribution in [0.5, 0.6) is 0 Å². The number of esters is 1. The Morgan fingerprint density at radius 3 is 2.58 bits per heavy atom. The van der Waals surface area contributed by atoms with E-state index in [0.29, 0.717) is 31.7 Å². The fourth-order valence-corrected chi connectivity index (χ4v) is 4.47. The maximum absolute atomic E-state index is 12.5. The van der Waals surface area contributed by atoms with Crippen molar-refractivity contribution in [3.63, 3.8) is 0 Å². The first kappa shape index (κ1) is 29.5. The van der Waals surface area contributed by atoms with E-state index in [-0.39, 0.29) is 11.9 Å². The highest BCUT2D eigenvalue weighted by Crippen LogP contribution is 2.34. The standard InChI is InChI=1S/C30H50O3/c1-4-7-9-11-12-15-19-27-23-18-24-28(27)20-16-13-17-22-29(21-14-10-8-5-2)30(31)33-26-25-32-6-3/h9,11,13,16,27-29H,4-8,10,12,14,17-18,20-26H2,1-3H3/t27-,28-,29?/m0/s1. The first-order valence-corrected chi connectivity index (χ1v) is 13.8. The average molecular weight is 459 g/mol. The molecule has 3 atom stereocenters. The summed E-state index contributed by atoms with van der Waals surface area (Å²) in [7, 11) is 0. The third-order valence-corrected chi connectivity index (χ3v) is 6.49. The molecule has 1 aliphatic rings. The Bertz CT molecular complexity index is 595. The Kier molecular flexibility index (Phi) is 18.8. The van der Waals surface area contributed by atoms with Crippen molar-refractivity contribution in [1.82, 2.24) is 0 Å². The van der Waals surface area contributed by atoms with Crippen molar-refractivity contribution in [2.24, 2.45) is 17.8 Å². The van der Waals surface area contributed by atoms with Crippen LogP contribution >= 0.6 is 0 Å². The molecule has 1 saturated carbocycles. The molecule has 0 saturated heterocycles. The number of carbonyl (C=O) groups excluding carboxylic acids is 1. The molecule has 1 fully saturated rings. The van der Waals surface area contributed by atoms with E-state index >= 15 is 0 Å². The maximum atomic E-state index is 12.5. The van der Waals surface area contributed by atoms with Gasteiger partial charge in [-0.25, -0.2) is 0 Å². The molecule has 3 heteroatoms. The molecule has 1 rings (SSSR count). The van der Waals surface area contributed by atoms with Gasteiger partial charge in [-0.3, -0.25) is 4.79 Å². The number of hydrogen-bond acceptors (Lipinski definition) is 3. The van der Waals surface area contributed by atoms with E-state index in [4.69, 9.17) is 9.47 Å². The van der Waals surface area contributed by atoms with E-state index in [2.05, 4.69) is 50.0 Å². The Hall–Kier alpha value is -1.53. The van der Waals surface area contributed by atoms with Gasteiger partial charge in [-0.15, -0.1) is 0 Å². The first-order chi connectivity index (χ1) is 16.2. The van der Waals surface area contributed by atoms with Crippen LogP contribution in [0, 0.1) is 29.6 Å². The third-order valence-electron chi connectivity index (χ3n) is 6.49. The summed E-state index contributed by atoms with van der Waals surface area (Å²) in [5.41, 5.74) is 0. The summed E-state index contributed by atoms with van der Waals surface area (Å²) in [6, 6.07) is 0. The maximum Gasteiger partial charge on any atom is 0.309 e. The van der Waals surface area contributed by atoms with Gasteiger partial charge in [-0.2, -0.15) is 0 Å². The summed E-state index contributed by atoms with van der Waals surface area (Å²) in [5.74, 6) is 8.14. The molecule has 0 amide bonds. The molecule has 3 nitrogen and oxygen atoms in total. The van der Waals surface area contributed by atoms with Crippen molar-refractivity contribution < 1.29 is 14.3 Å². The zero-order valence-corrected chi connectivity index (χ0v) is 21.8. The highest BCUT2D eigenvalue weighted by atomic mass is 16.6. The summed E-state index contributed by atoms with van der Waals surface area (Å²) in [6.45, 7) is 7.90. The minimum Gasteiger partial charge on any atom is -0.463 e. The van der Waals surface area contributed by atoms with Gasteiger partial charge in [0.25, 0.3) is 0 Å². The molecule has 188 valence electrons. The molecular weight excluding hydrogens is 408 g/mol. The molecule has 0 N–H and O–H groups in total. The average Bonchev–Trinajstić information content (AvgIpc) is 3.27. The summed E-state index contributed by atoms with van der Waals surface area (Å²) in [6.07, 6.45) is 24.8. The van der Waals surface area contributed by atoms with Crippen molar-refractivity contribution in [2.75, 3.05) is 19.8 Å². The predicted molar refractivity (Wildman–Crippen MR) is 140 cm³/mol. The lowest BCUT2D eigenvalue weighted by Crippen LogP contribution is -2.20. The van der Waals surface area contributed by atoms with Gasteiger partial charge in [0.2, 0.25) is 0 Å². The van der Waals surface area contributed by atoms with Gasteiger partial charge in [-0.1, -0.05) is 88.5 Å². The number of unbranched alkanes of at least 4 members (excludes halogenated alkanes) is 4. The van der Waals surface area contributed by atoms with Crippen molar-refractivity contribution in [3.8, 4) is 11.8 Å². The molecule has 0 bridgehead atoms. The van der Waals surface area contributed by atoms with E-state index in [1.54, 1.807) is 0 Å². The third kappa shape index (κ3) is 15.1. The van der Waals surface area contributed by atoms with Crippen LogP contribution < -0.4 is 0 Å². The SMILES string of the molecule is CCCC=CCC#C[C@H]1CCC[C@@H]1CC=CCCC(CCCCCC)C(=O)OCCOCC. The van der Waals surface area contributed by atoms with E-state index in [0.717, 1.165) is 44.9 Å². The molecule has 1 aliphatic carbocycles. The van der Waals surface area contributed by atoms with Gasteiger partial charge < -0.3 is 9.47 Å². The number of ether oxygens (including phenoxy) is 2. The van der Waals surface area contributed by atoms with Gasteiger partial charge in [0, 0.05) is 18.9 Å². The molecule has 0 aromatic carbocycles. The minimum absolute atomic E-state index is 0.0130. The minimum atomic E-state index is -0.0429. The Morgan fingerprint density at radius 1 is 0.939 bits per heavy atom. The molecule has 0 aliphatic heterocycles. The molecule has 0 heterocycles. The smallest absolute Gasteiger partial charge is 0.309 e. The van der Waals surface area contributed by atoms with Crippen molar-refractivity contribution in [3.05, 3.63) is 24.3 Å². The van der Waals surface area contributed by atoms with Gasteiger partial charge >= 0.3 is 5.97 Å². The first-order valence-electron chi connectivity index (χ1n) is 13.8. The number of hydrogen-bond donors (Lipinski definition) is 0. The van der Waals surface area contributed by atoms with Crippen LogP contribution in [0.25, 0.3) is 0 Å². The highest BCUT2D eigenvalue weighted by Gasteiger charge is 2.24.